The Bertz CT molecular complexity index is 865. The molecule has 2 rings (SSSR count). The van der Waals surface area contributed by atoms with E-state index in [2.05, 4.69) is 15.9 Å². The second-order valence-corrected chi connectivity index (χ2v) is 6.02. The molecule has 0 spiro atoms. The molecule has 2 aromatic heterocycles. The van der Waals surface area contributed by atoms with Crippen molar-refractivity contribution in [1.82, 2.24) is 9.97 Å². The van der Waals surface area contributed by atoms with Crippen molar-refractivity contribution in [2.45, 2.75) is 4.90 Å². The van der Waals surface area contributed by atoms with Crippen LogP contribution in [0.3, 0.4) is 0 Å². The largest absolute Gasteiger partial charge is 0.480 e. The molecule has 0 aromatic carbocycles. The summed E-state index contributed by atoms with van der Waals surface area (Å²) in [7, 11) is -2.98. The Morgan fingerprint density at radius 3 is 2.82 bits per heavy atom. The number of aromatic nitrogens is 2. The zero-order chi connectivity index (χ0) is 16.3. The van der Waals surface area contributed by atoms with E-state index in [1.165, 1.54) is 25.6 Å². The number of pyridine rings is 2. The number of anilines is 1. The molecule has 6 nitrogen and oxygen atoms in total. The molecule has 0 bridgehead atoms. The van der Waals surface area contributed by atoms with Crippen LogP contribution in [0, 0.1) is 18.2 Å². The predicted molar refractivity (Wildman–Crippen MR) is 78.7 cm³/mol. The maximum atomic E-state index is 14.0. The zero-order valence-electron chi connectivity index (χ0n) is 11.2. The second kappa shape index (κ2) is 6.17. The van der Waals surface area contributed by atoms with Gasteiger partial charge in [0, 0.05) is 12.4 Å². The molecule has 0 saturated carbocycles. The summed E-state index contributed by atoms with van der Waals surface area (Å²) in [5.41, 5.74) is -0.121. The molecule has 0 saturated heterocycles. The van der Waals surface area contributed by atoms with Gasteiger partial charge in [0.1, 0.15) is 0 Å². The van der Waals surface area contributed by atoms with Gasteiger partial charge in [0.15, 0.2) is 16.5 Å². The highest BCUT2D eigenvalue weighted by molar-refractivity contribution is 7.92. The van der Waals surface area contributed by atoms with E-state index in [0.717, 1.165) is 6.07 Å². The molecule has 2 heterocycles. The van der Waals surface area contributed by atoms with Crippen LogP contribution in [0.25, 0.3) is 0 Å². The minimum Gasteiger partial charge on any atom is -0.480 e. The van der Waals surface area contributed by atoms with E-state index in [9.17, 15) is 12.8 Å². The Kier molecular flexibility index (Phi) is 4.49. The number of sulfonamides is 1. The molecule has 22 heavy (non-hydrogen) atoms. The second-order valence-electron chi connectivity index (χ2n) is 3.93. The van der Waals surface area contributed by atoms with Crippen molar-refractivity contribution in [2.24, 2.45) is 0 Å². The molecule has 0 amide bonds. The Morgan fingerprint density at radius 1 is 1.45 bits per heavy atom. The van der Waals surface area contributed by atoms with Gasteiger partial charge in [-0.15, -0.1) is 6.42 Å². The predicted octanol–water partition coefficient (Wildman–Crippen LogP) is 2.06. The van der Waals surface area contributed by atoms with Crippen molar-refractivity contribution in [3.05, 3.63) is 40.9 Å². The molecule has 0 fully saturated rings. The quantitative estimate of drug-likeness (QED) is 0.861. The zero-order valence-corrected chi connectivity index (χ0v) is 12.7. The monoisotopic (exact) mass is 341 g/mol. The van der Waals surface area contributed by atoms with E-state index >= 15 is 0 Å². The van der Waals surface area contributed by atoms with E-state index in [4.69, 9.17) is 22.8 Å². The summed E-state index contributed by atoms with van der Waals surface area (Å²) < 4.78 is 45.5. The number of methoxy groups -OCH3 is 1. The summed E-state index contributed by atoms with van der Waals surface area (Å²) in [5, 5.41) is 0.0759. The van der Waals surface area contributed by atoms with Crippen LogP contribution in [-0.2, 0) is 10.0 Å². The van der Waals surface area contributed by atoms with Gasteiger partial charge in [-0.05, 0) is 12.1 Å². The van der Waals surface area contributed by atoms with Crippen molar-refractivity contribution in [3.8, 4) is 18.2 Å². The van der Waals surface area contributed by atoms with Crippen LogP contribution in [0.1, 0.15) is 5.56 Å². The summed E-state index contributed by atoms with van der Waals surface area (Å²) in [4.78, 5) is 7.01. The molecule has 0 atom stereocenters. The standard InChI is InChI=1S/C13H9ClFN3O3S/c1-3-8-4-5-16-12(11(8)15)18-22(19,20)10-6-9(14)7-17-13(10)21-2/h1,4-7H,2H3,(H,16,18). The molecular formula is C13H9ClFN3O3S. The first kappa shape index (κ1) is 16.0. The van der Waals surface area contributed by atoms with Crippen LogP contribution in [0.15, 0.2) is 29.4 Å². The third kappa shape index (κ3) is 3.10. The molecule has 2 aromatic rings. The van der Waals surface area contributed by atoms with Gasteiger partial charge in [0.05, 0.1) is 17.7 Å². The van der Waals surface area contributed by atoms with Crippen molar-refractivity contribution in [2.75, 3.05) is 11.8 Å². The van der Waals surface area contributed by atoms with Gasteiger partial charge in [-0.25, -0.2) is 22.8 Å². The lowest BCUT2D eigenvalue weighted by Gasteiger charge is -2.11. The van der Waals surface area contributed by atoms with E-state index in [1.54, 1.807) is 0 Å². The molecule has 0 aliphatic rings. The topological polar surface area (TPSA) is 81.2 Å². The maximum Gasteiger partial charge on any atom is 0.268 e. The molecule has 9 heteroatoms. The van der Waals surface area contributed by atoms with Gasteiger partial charge in [0.2, 0.25) is 5.88 Å². The van der Waals surface area contributed by atoms with Gasteiger partial charge >= 0.3 is 0 Å². The Labute approximate surface area is 131 Å². The fourth-order valence-corrected chi connectivity index (χ4v) is 2.94. The highest BCUT2D eigenvalue weighted by Gasteiger charge is 2.24. The Hall–Kier alpha value is -2.37. The van der Waals surface area contributed by atoms with Crippen LogP contribution in [0.4, 0.5) is 10.2 Å². The Morgan fingerprint density at radius 2 is 2.18 bits per heavy atom. The molecule has 0 aliphatic carbocycles. The van der Waals surface area contributed by atoms with E-state index in [0.29, 0.717) is 0 Å². The number of rotatable bonds is 4. The number of halogens is 2. The third-order valence-corrected chi connectivity index (χ3v) is 4.08. The molecular weight excluding hydrogens is 333 g/mol. The van der Waals surface area contributed by atoms with Crippen molar-refractivity contribution < 1.29 is 17.5 Å². The minimum absolute atomic E-state index is 0.0759. The lowest BCUT2D eigenvalue weighted by Crippen LogP contribution is -2.17. The average Bonchev–Trinajstić information content (AvgIpc) is 2.49. The average molecular weight is 342 g/mol. The summed E-state index contributed by atoms with van der Waals surface area (Å²) in [6.45, 7) is 0. The van der Waals surface area contributed by atoms with Gasteiger partial charge < -0.3 is 4.74 Å². The first-order valence-corrected chi connectivity index (χ1v) is 7.58. The summed E-state index contributed by atoms with van der Waals surface area (Å²) in [5.74, 6) is 0.409. The molecule has 0 radical (unpaired) electrons. The van der Waals surface area contributed by atoms with Crippen LogP contribution in [0.2, 0.25) is 5.02 Å². The fraction of sp³-hybridized carbons (Fsp3) is 0.0769. The number of nitrogens with one attached hydrogen (secondary N) is 1. The summed E-state index contributed by atoms with van der Waals surface area (Å²) >= 11 is 5.74. The van der Waals surface area contributed by atoms with Gasteiger partial charge in [-0.2, -0.15) is 0 Å². The lowest BCUT2D eigenvalue weighted by atomic mass is 10.2. The summed E-state index contributed by atoms with van der Waals surface area (Å²) in [6, 6.07) is 2.37. The normalized spacial score (nSPS) is 10.8. The molecule has 114 valence electrons. The number of terminal acetylenes is 1. The van der Waals surface area contributed by atoms with E-state index in [-0.39, 0.29) is 21.4 Å². The fourth-order valence-electron chi connectivity index (χ4n) is 1.56. The van der Waals surface area contributed by atoms with Crippen LogP contribution < -0.4 is 9.46 Å². The van der Waals surface area contributed by atoms with Gasteiger partial charge in [-0.3, -0.25) is 4.72 Å². The van der Waals surface area contributed by atoms with Gasteiger partial charge in [-0.1, -0.05) is 17.5 Å². The highest BCUT2D eigenvalue weighted by Crippen LogP contribution is 2.26. The number of hydrogen-bond acceptors (Lipinski definition) is 5. The highest BCUT2D eigenvalue weighted by atomic mass is 35.5. The van der Waals surface area contributed by atoms with Crippen LogP contribution in [-0.4, -0.2) is 25.5 Å². The van der Waals surface area contributed by atoms with Crippen molar-refractivity contribution in [3.63, 3.8) is 0 Å². The number of hydrogen-bond donors (Lipinski definition) is 1. The molecule has 0 unspecified atom stereocenters. The van der Waals surface area contributed by atoms with E-state index < -0.39 is 21.7 Å². The minimum atomic E-state index is -4.22. The number of nitrogens with zero attached hydrogens (tertiary/aromatic N) is 2. The Balaban J connectivity index is 2.50. The van der Waals surface area contributed by atoms with E-state index in [1.807, 2.05) is 4.72 Å². The van der Waals surface area contributed by atoms with Gasteiger partial charge in [0.25, 0.3) is 10.0 Å². The van der Waals surface area contributed by atoms with Crippen molar-refractivity contribution >= 4 is 27.4 Å². The summed E-state index contributed by atoms with van der Waals surface area (Å²) in [6.07, 6.45) is 7.52. The van der Waals surface area contributed by atoms with Crippen molar-refractivity contribution in [1.29, 1.82) is 0 Å². The lowest BCUT2D eigenvalue weighted by molar-refractivity contribution is 0.385. The number of ether oxygens (including phenoxy) is 1. The maximum absolute atomic E-state index is 14.0. The van der Waals surface area contributed by atoms with Crippen LogP contribution in [0.5, 0.6) is 5.88 Å². The third-order valence-electron chi connectivity index (χ3n) is 2.54. The molecule has 1 N–H and O–H groups in total. The SMILES string of the molecule is C#Cc1ccnc(NS(=O)(=O)c2cc(Cl)cnc2OC)c1F. The van der Waals surface area contributed by atoms with Crippen LogP contribution >= 0.6 is 11.6 Å². The first-order valence-electron chi connectivity index (χ1n) is 5.72. The first-order chi connectivity index (χ1) is 10.4. The smallest absolute Gasteiger partial charge is 0.268 e. The molecule has 0 aliphatic heterocycles.